The van der Waals surface area contributed by atoms with Crippen LogP contribution in [0, 0.1) is 6.92 Å². The molecular formula is C35H29N3O6S. The summed E-state index contributed by atoms with van der Waals surface area (Å²) >= 11 is 0. The van der Waals surface area contributed by atoms with Gasteiger partial charge in [-0.3, -0.25) is 19.1 Å². The van der Waals surface area contributed by atoms with Gasteiger partial charge in [-0.05, 0) is 73.7 Å². The van der Waals surface area contributed by atoms with E-state index in [1.54, 1.807) is 72.8 Å². The molecule has 3 N–H and O–H groups in total. The van der Waals surface area contributed by atoms with Crippen LogP contribution in [-0.2, 0) is 10.0 Å². The number of carbonyl (C=O) groups is 3. The van der Waals surface area contributed by atoms with E-state index in [-0.39, 0.29) is 33.2 Å². The number of amides is 2. The van der Waals surface area contributed by atoms with Gasteiger partial charge in [0.25, 0.3) is 21.8 Å². The summed E-state index contributed by atoms with van der Waals surface area (Å²) < 4.78 is 33.3. The van der Waals surface area contributed by atoms with Crippen LogP contribution in [0.2, 0.25) is 0 Å². The van der Waals surface area contributed by atoms with E-state index < -0.39 is 21.8 Å². The summed E-state index contributed by atoms with van der Waals surface area (Å²) in [6, 6.07) is 32.3. The third kappa shape index (κ3) is 7.26. The molecule has 2 amide bonds. The maximum Gasteiger partial charge on any atom is 0.261 e. The molecule has 0 saturated heterocycles. The molecule has 0 aromatic heterocycles. The standard InChI is InChI=1S/C35H29N3O6S/c1-23-15-20-32(30(21-23)33(39)24-9-4-3-5-10-24)37-35(41)29-13-6-7-14-31(29)36-34(40)25-11-8-12-26(22-25)38-45(42,43)28-18-16-27(44-2)17-19-28/h3-22,38H,1-2H3,(H,36,40)(H,37,41). The number of methoxy groups -OCH3 is 1. The summed E-state index contributed by atoms with van der Waals surface area (Å²) in [6.07, 6.45) is 0. The van der Waals surface area contributed by atoms with Gasteiger partial charge >= 0.3 is 0 Å². The van der Waals surface area contributed by atoms with Gasteiger partial charge in [-0.25, -0.2) is 8.42 Å². The first-order valence-corrected chi connectivity index (χ1v) is 15.3. The molecule has 0 spiro atoms. The number of rotatable bonds is 10. The Morgan fingerprint density at radius 1 is 0.622 bits per heavy atom. The molecule has 5 aromatic rings. The molecule has 226 valence electrons. The van der Waals surface area contributed by atoms with E-state index in [1.807, 2.05) is 13.0 Å². The predicted molar refractivity (Wildman–Crippen MR) is 174 cm³/mol. The minimum atomic E-state index is -3.93. The second-order valence-electron chi connectivity index (χ2n) is 10.1. The predicted octanol–water partition coefficient (Wildman–Crippen LogP) is 6.54. The van der Waals surface area contributed by atoms with Crippen LogP contribution >= 0.6 is 0 Å². The number of sulfonamides is 1. The third-order valence-electron chi connectivity index (χ3n) is 6.87. The molecule has 0 bridgehead atoms. The summed E-state index contributed by atoms with van der Waals surface area (Å²) in [5.74, 6) is -0.811. The molecule has 0 fully saturated rings. The van der Waals surface area contributed by atoms with Crippen molar-refractivity contribution in [1.29, 1.82) is 0 Å². The summed E-state index contributed by atoms with van der Waals surface area (Å²) in [5.41, 5.74) is 2.75. The van der Waals surface area contributed by atoms with Gasteiger partial charge in [0.15, 0.2) is 5.78 Å². The summed E-state index contributed by atoms with van der Waals surface area (Å²) in [5, 5.41) is 5.56. The van der Waals surface area contributed by atoms with Crippen LogP contribution in [0.15, 0.2) is 126 Å². The Bertz CT molecular complexity index is 1990. The highest BCUT2D eigenvalue weighted by Gasteiger charge is 2.20. The first-order valence-electron chi connectivity index (χ1n) is 13.8. The molecule has 0 atom stereocenters. The Morgan fingerprint density at radius 2 is 1.27 bits per heavy atom. The van der Waals surface area contributed by atoms with Crippen LogP contribution in [0.1, 0.15) is 42.2 Å². The topological polar surface area (TPSA) is 131 Å². The van der Waals surface area contributed by atoms with E-state index in [0.717, 1.165) is 5.56 Å². The Balaban J connectivity index is 1.34. The number of hydrogen-bond donors (Lipinski definition) is 3. The van der Waals surface area contributed by atoms with Crippen molar-refractivity contribution in [3.05, 3.63) is 149 Å². The first-order chi connectivity index (χ1) is 21.6. The molecule has 5 rings (SSSR count). The fraction of sp³-hybridized carbons (Fsp3) is 0.0571. The van der Waals surface area contributed by atoms with Gasteiger partial charge in [0.2, 0.25) is 0 Å². The largest absolute Gasteiger partial charge is 0.497 e. The number of hydrogen-bond acceptors (Lipinski definition) is 6. The number of nitrogens with one attached hydrogen (secondary N) is 3. The van der Waals surface area contributed by atoms with Gasteiger partial charge in [0.1, 0.15) is 5.75 Å². The molecule has 5 aromatic carbocycles. The summed E-state index contributed by atoms with van der Waals surface area (Å²) in [4.78, 5) is 40.0. The number of para-hydroxylation sites is 1. The van der Waals surface area contributed by atoms with E-state index in [9.17, 15) is 22.8 Å². The van der Waals surface area contributed by atoms with Crippen molar-refractivity contribution in [2.75, 3.05) is 22.5 Å². The maximum absolute atomic E-state index is 13.5. The molecule has 0 aliphatic rings. The Labute approximate surface area is 260 Å². The Morgan fingerprint density at radius 3 is 2.00 bits per heavy atom. The normalized spacial score (nSPS) is 10.9. The highest BCUT2D eigenvalue weighted by Crippen LogP contribution is 2.25. The molecule has 0 unspecified atom stereocenters. The van der Waals surface area contributed by atoms with Crippen LogP contribution in [0.25, 0.3) is 0 Å². The molecule has 0 radical (unpaired) electrons. The lowest BCUT2D eigenvalue weighted by Gasteiger charge is -2.15. The van der Waals surface area contributed by atoms with Gasteiger partial charge in [-0.1, -0.05) is 60.2 Å². The van der Waals surface area contributed by atoms with Crippen molar-refractivity contribution in [3.63, 3.8) is 0 Å². The zero-order valence-electron chi connectivity index (χ0n) is 24.4. The highest BCUT2D eigenvalue weighted by atomic mass is 32.2. The molecule has 0 heterocycles. The van der Waals surface area contributed by atoms with Crippen molar-refractivity contribution < 1.29 is 27.5 Å². The molecule has 0 saturated carbocycles. The van der Waals surface area contributed by atoms with E-state index >= 15 is 0 Å². The van der Waals surface area contributed by atoms with Crippen LogP contribution < -0.4 is 20.1 Å². The van der Waals surface area contributed by atoms with Crippen LogP contribution in [0.5, 0.6) is 5.75 Å². The first kappa shape index (κ1) is 30.7. The van der Waals surface area contributed by atoms with Gasteiger partial charge < -0.3 is 15.4 Å². The van der Waals surface area contributed by atoms with Gasteiger partial charge in [-0.2, -0.15) is 0 Å². The molecule has 10 heteroatoms. The van der Waals surface area contributed by atoms with Crippen molar-refractivity contribution in [3.8, 4) is 5.75 Å². The number of benzene rings is 5. The minimum Gasteiger partial charge on any atom is -0.497 e. The molecule has 0 aliphatic carbocycles. The van der Waals surface area contributed by atoms with Crippen molar-refractivity contribution in [2.24, 2.45) is 0 Å². The molecule has 0 aliphatic heterocycles. The van der Waals surface area contributed by atoms with Crippen LogP contribution in [0.3, 0.4) is 0 Å². The van der Waals surface area contributed by atoms with Crippen molar-refractivity contribution >= 4 is 44.7 Å². The number of aryl methyl sites for hydroxylation is 1. The monoisotopic (exact) mass is 619 g/mol. The number of ether oxygens (including phenoxy) is 1. The van der Waals surface area contributed by atoms with Gasteiger partial charge in [-0.15, -0.1) is 0 Å². The lowest BCUT2D eigenvalue weighted by atomic mass is 9.99. The van der Waals surface area contributed by atoms with Crippen molar-refractivity contribution in [1.82, 2.24) is 0 Å². The van der Waals surface area contributed by atoms with E-state index in [4.69, 9.17) is 4.74 Å². The van der Waals surface area contributed by atoms with Crippen molar-refractivity contribution in [2.45, 2.75) is 11.8 Å². The molecule has 45 heavy (non-hydrogen) atoms. The summed E-state index contributed by atoms with van der Waals surface area (Å²) in [6.45, 7) is 1.86. The number of carbonyl (C=O) groups excluding carboxylic acids is 3. The number of anilines is 3. The lowest BCUT2D eigenvalue weighted by molar-refractivity contribution is 0.102. The van der Waals surface area contributed by atoms with Gasteiger partial charge in [0, 0.05) is 22.4 Å². The maximum atomic E-state index is 13.5. The average molecular weight is 620 g/mol. The average Bonchev–Trinajstić information content (AvgIpc) is 3.05. The lowest BCUT2D eigenvalue weighted by Crippen LogP contribution is -2.20. The third-order valence-corrected chi connectivity index (χ3v) is 8.27. The van der Waals surface area contributed by atoms with E-state index in [1.165, 1.54) is 49.6 Å². The molecule has 9 nitrogen and oxygen atoms in total. The smallest absolute Gasteiger partial charge is 0.261 e. The fourth-order valence-corrected chi connectivity index (χ4v) is 5.62. The highest BCUT2D eigenvalue weighted by molar-refractivity contribution is 7.92. The summed E-state index contributed by atoms with van der Waals surface area (Å²) in [7, 11) is -2.45. The second-order valence-corrected chi connectivity index (χ2v) is 11.7. The SMILES string of the molecule is COc1ccc(S(=O)(=O)Nc2cccc(C(=O)Nc3ccccc3C(=O)Nc3ccc(C)cc3C(=O)c3ccccc3)c2)cc1. The molecular weight excluding hydrogens is 590 g/mol. The van der Waals surface area contributed by atoms with Crippen LogP contribution in [-0.4, -0.2) is 33.1 Å². The minimum absolute atomic E-state index is 0.0281. The zero-order valence-corrected chi connectivity index (χ0v) is 25.2. The Hall–Kier alpha value is -5.74. The second kappa shape index (κ2) is 13.3. The van der Waals surface area contributed by atoms with Gasteiger partial charge in [0.05, 0.1) is 28.9 Å². The number of ketones is 1. The van der Waals surface area contributed by atoms with E-state index in [0.29, 0.717) is 22.6 Å². The van der Waals surface area contributed by atoms with Crippen LogP contribution in [0.4, 0.5) is 17.1 Å². The Kier molecular flexibility index (Phi) is 9.06. The van der Waals surface area contributed by atoms with E-state index in [2.05, 4.69) is 15.4 Å². The zero-order chi connectivity index (χ0) is 32.0. The quantitative estimate of drug-likeness (QED) is 0.152. The fourth-order valence-electron chi connectivity index (χ4n) is 4.57.